The van der Waals surface area contributed by atoms with Crippen LogP contribution in [0.4, 0.5) is 0 Å². The molecule has 0 radical (unpaired) electrons. The maximum Gasteiger partial charge on any atom is 0.235 e. The number of hydrogen-bond acceptors (Lipinski definition) is 4. The van der Waals surface area contributed by atoms with E-state index in [-0.39, 0.29) is 4.90 Å². The van der Waals surface area contributed by atoms with E-state index < -0.39 is 15.4 Å². The van der Waals surface area contributed by atoms with Crippen LogP contribution in [0.15, 0.2) is 34.2 Å². The summed E-state index contributed by atoms with van der Waals surface area (Å²) in [5.41, 5.74) is -0.0256. The first-order chi connectivity index (χ1) is 7.49. The number of benzene rings is 1. The van der Waals surface area contributed by atoms with Crippen molar-refractivity contribution in [2.24, 2.45) is 4.99 Å². The summed E-state index contributed by atoms with van der Waals surface area (Å²) in [5, 5.41) is 0. The third kappa shape index (κ3) is 1.79. The van der Waals surface area contributed by atoms with Crippen molar-refractivity contribution in [3.05, 3.63) is 29.8 Å². The lowest BCUT2D eigenvalue weighted by Crippen LogP contribution is -2.10. The highest BCUT2D eigenvalue weighted by molar-refractivity contribution is 7.90. The Morgan fingerprint density at radius 2 is 1.94 bits per heavy atom. The first-order valence-corrected chi connectivity index (χ1v) is 6.77. The molecule has 16 heavy (non-hydrogen) atoms. The van der Waals surface area contributed by atoms with Crippen molar-refractivity contribution in [2.45, 2.75) is 23.3 Å². The SMILES string of the molecule is CS(=O)(=O)c1ccccc1C1(N=C=O)CC1. The molecule has 0 bridgehead atoms. The number of hydrogen-bond donors (Lipinski definition) is 0. The number of sulfone groups is 1. The van der Waals surface area contributed by atoms with E-state index in [1.807, 2.05) is 0 Å². The molecule has 0 saturated heterocycles. The highest BCUT2D eigenvalue weighted by atomic mass is 32.2. The van der Waals surface area contributed by atoms with Crippen LogP contribution in [0.25, 0.3) is 0 Å². The van der Waals surface area contributed by atoms with E-state index >= 15 is 0 Å². The third-order valence-corrected chi connectivity index (χ3v) is 3.93. The lowest BCUT2D eigenvalue weighted by Gasteiger charge is -2.12. The number of rotatable bonds is 3. The van der Waals surface area contributed by atoms with Crippen LogP contribution >= 0.6 is 0 Å². The predicted octanol–water partition coefficient (Wildman–Crippen LogP) is 1.42. The molecule has 0 unspecified atom stereocenters. The van der Waals surface area contributed by atoms with Gasteiger partial charge in [-0.3, -0.25) is 0 Å². The van der Waals surface area contributed by atoms with E-state index in [9.17, 15) is 13.2 Å². The van der Waals surface area contributed by atoms with Gasteiger partial charge in [-0.2, -0.15) is 4.99 Å². The second-order valence-corrected chi connectivity index (χ2v) is 5.99. The molecule has 0 atom stereocenters. The molecule has 4 nitrogen and oxygen atoms in total. The summed E-state index contributed by atoms with van der Waals surface area (Å²) in [4.78, 5) is 14.4. The smallest absolute Gasteiger partial charge is 0.224 e. The monoisotopic (exact) mass is 237 g/mol. The molecule has 0 aliphatic heterocycles. The topological polar surface area (TPSA) is 63.6 Å². The van der Waals surface area contributed by atoms with Crippen molar-refractivity contribution in [3.63, 3.8) is 0 Å². The highest BCUT2D eigenvalue weighted by Crippen LogP contribution is 2.50. The van der Waals surface area contributed by atoms with E-state index in [1.165, 1.54) is 6.08 Å². The Kier molecular flexibility index (Phi) is 2.45. The van der Waals surface area contributed by atoms with Crippen LogP contribution < -0.4 is 0 Å². The van der Waals surface area contributed by atoms with Gasteiger partial charge in [-0.25, -0.2) is 13.2 Å². The van der Waals surface area contributed by atoms with E-state index in [2.05, 4.69) is 4.99 Å². The Balaban J connectivity index is 2.63. The molecule has 1 saturated carbocycles. The van der Waals surface area contributed by atoms with Gasteiger partial charge < -0.3 is 0 Å². The minimum absolute atomic E-state index is 0.256. The molecule has 2 rings (SSSR count). The first kappa shape index (κ1) is 11.0. The van der Waals surface area contributed by atoms with Gasteiger partial charge in [0.25, 0.3) is 0 Å². The minimum atomic E-state index is -3.28. The fraction of sp³-hybridized carbons (Fsp3) is 0.364. The van der Waals surface area contributed by atoms with Crippen molar-refractivity contribution in [3.8, 4) is 0 Å². The van der Waals surface area contributed by atoms with Gasteiger partial charge in [0.15, 0.2) is 9.84 Å². The third-order valence-electron chi connectivity index (χ3n) is 2.77. The molecular weight excluding hydrogens is 226 g/mol. The molecule has 0 N–H and O–H groups in total. The molecule has 1 aliphatic carbocycles. The summed E-state index contributed by atoms with van der Waals surface area (Å²) in [5.74, 6) is 0. The fourth-order valence-electron chi connectivity index (χ4n) is 1.82. The lowest BCUT2D eigenvalue weighted by molar-refractivity contribution is 0.554. The molecule has 1 fully saturated rings. The summed E-state index contributed by atoms with van der Waals surface area (Å²) in [7, 11) is -3.28. The van der Waals surface area contributed by atoms with Gasteiger partial charge in [0.05, 0.1) is 10.4 Å². The Labute approximate surface area is 93.9 Å². The average molecular weight is 237 g/mol. The molecule has 0 spiro atoms. The van der Waals surface area contributed by atoms with Crippen LogP contribution in [0.3, 0.4) is 0 Å². The normalized spacial score (nSPS) is 17.6. The first-order valence-electron chi connectivity index (χ1n) is 4.88. The van der Waals surface area contributed by atoms with E-state index in [0.717, 1.165) is 6.26 Å². The van der Waals surface area contributed by atoms with Crippen molar-refractivity contribution in [1.29, 1.82) is 0 Å². The highest BCUT2D eigenvalue weighted by Gasteiger charge is 2.47. The number of nitrogens with zero attached hydrogens (tertiary/aromatic N) is 1. The second kappa shape index (κ2) is 3.54. The Hall–Kier alpha value is -1.45. The van der Waals surface area contributed by atoms with Gasteiger partial charge in [0, 0.05) is 6.26 Å². The lowest BCUT2D eigenvalue weighted by atomic mass is 10.1. The van der Waals surface area contributed by atoms with Gasteiger partial charge in [0.1, 0.15) is 0 Å². The zero-order valence-electron chi connectivity index (χ0n) is 8.80. The Morgan fingerprint density at radius 3 is 2.44 bits per heavy atom. The summed E-state index contributed by atoms with van der Waals surface area (Å²) < 4.78 is 23.2. The number of carbonyl (C=O) groups excluding carboxylic acids is 1. The average Bonchev–Trinajstić information content (AvgIpc) is 2.98. The van der Waals surface area contributed by atoms with Crippen LogP contribution in [-0.2, 0) is 20.2 Å². The molecular formula is C11H11NO3S. The maximum atomic E-state index is 11.6. The maximum absolute atomic E-state index is 11.6. The largest absolute Gasteiger partial charge is 0.235 e. The summed E-state index contributed by atoms with van der Waals surface area (Å²) >= 11 is 0. The van der Waals surface area contributed by atoms with Crippen molar-refractivity contribution in [1.82, 2.24) is 0 Å². The second-order valence-electron chi connectivity index (χ2n) is 4.00. The van der Waals surface area contributed by atoms with Crippen molar-refractivity contribution < 1.29 is 13.2 Å². The standard InChI is InChI=1S/C11H11NO3S/c1-16(14,15)10-5-3-2-4-9(10)11(6-7-11)12-8-13/h2-5H,6-7H2,1H3. The van der Waals surface area contributed by atoms with Crippen molar-refractivity contribution in [2.75, 3.05) is 6.26 Å². The van der Waals surface area contributed by atoms with Crippen LogP contribution in [0.5, 0.6) is 0 Å². The quantitative estimate of drug-likeness (QED) is 0.590. The van der Waals surface area contributed by atoms with Crippen LogP contribution in [-0.4, -0.2) is 20.8 Å². The molecule has 84 valence electrons. The van der Waals surface area contributed by atoms with Gasteiger partial charge in [-0.05, 0) is 24.5 Å². The zero-order chi connectivity index (χ0) is 11.8. The Bertz CT molecular complexity index is 567. The molecule has 0 aromatic heterocycles. The Morgan fingerprint density at radius 1 is 1.31 bits per heavy atom. The molecule has 5 heteroatoms. The summed E-state index contributed by atoms with van der Waals surface area (Å²) in [6.45, 7) is 0. The fourth-order valence-corrected chi connectivity index (χ4v) is 2.80. The van der Waals surface area contributed by atoms with Gasteiger partial charge in [-0.15, -0.1) is 0 Å². The molecule has 0 heterocycles. The zero-order valence-corrected chi connectivity index (χ0v) is 9.62. The van der Waals surface area contributed by atoms with E-state index in [1.54, 1.807) is 24.3 Å². The van der Waals surface area contributed by atoms with E-state index in [0.29, 0.717) is 18.4 Å². The molecule has 1 aromatic carbocycles. The summed E-state index contributed by atoms with van der Waals surface area (Å²) in [6.07, 6.45) is 4.09. The molecule has 1 aliphatic rings. The van der Waals surface area contributed by atoms with Gasteiger partial charge >= 0.3 is 0 Å². The van der Waals surface area contributed by atoms with Gasteiger partial charge in [0.2, 0.25) is 6.08 Å². The minimum Gasteiger partial charge on any atom is -0.224 e. The summed E-state index contributed by atoms with van der Waals surface area (Å²) in [6, 6.07) is 6.68. The van der Waals surface area contributed by atoms with E-state index in [4.69, 9.17) is 0 Å². The molecule has 1 aromatic rings. The van der Waals surface area contributed by atoms with Crippen LogP contribution in [0.1, 0.15) is 18.4 Å². The molecule has 0 amide bonds. The number of isocyanates is 1. The van der Waals surface area contributed by atoms with Gasteiger partial charge in [-0.1, -0.05) is 18.2 Å². The van der Waals surface area contributed by atoms with Crippen LogP contribution in [0.2, 0.25) is 0 Å². The van der Waals surface area contributed by atoms with Crippen LogP contribution in [0, 0.1) is 0 Å². The number of aliphatic imine (C=N–C) groups is 1. The predicted molar refractivity (Wildman–Crippen MR) is 58.6 cm³/mol. The van der Waals surface area contributed by atoms with Crippen molar-refractivity contribution >= 4 is 15.9 Å².